The maximum Gasteiger partial charge on any atom is 0.409 e. The van der Waals surface area contributed by atoms with Gasteiger partial charge in [-0.1, -0.05) is 90.4 Å². The molecule has 2 rings (SSSR count). The Morgan fingerprint density at radius 3 is 1.95 bits per heavy atom. The van der Waals surface area contributed by atoms with Crippen molar-refractivity contribution in [2.45, 2.75) is 104 Å². The molecule has 1 aromatic rings. The fourth-order valence-corrected chi connectivity index (χ4v) is 4.74. The summed E-state index contributed by atoms with van der Waals surface area (Å²) < 4.78 is 5.05. The number of nitrogens with zero attached hydrogens (tertiary/aromatic N) is 5. The average molecular weight is 521 g/mol. The predicted molar refractivity (Wildman–Crippen MR) is 148 cm³/mol. The summed E-state index contributed by atoms with van der Waals surface area (Å²) in [6.07, 6.45) is 19.1. The topological polar surface area (TPSA) is 114 Å². The number of amides is 1. The third kappa shape index (κ3) is 11.5. The van der Waals surface area contributed by atoms with Crippen LogP contribution in [0.25, 0.3) is 0 Å². The van der Waals surface area contributed by atoms with Crippen LogP contribution >= 0.6 is 0 Å². The number of nitro groups is 1. The van der Waals surface area contributed by atoms with Gasteiger partial charge in [-0.3, -0.25) is 10.1 Å². The number of aromatic nitrogens is 2. The molecule has 0 bridgehead atoms. The number of piperazine rings is 1. The number of carbonyl (C=O) groups excluding carboxylic acids is 1. The third-order valence-electron chi connectivity index (χ3n) is 6.91. The van der Waals surface area contributed by atoms with Gasteiger partial charge in [0.1, 0.15) is 6.33 Å². The number of carbonyl (C=O) groups is 1. The summed E-state index contributed by atoms with van der Waals surface area (Å²) in [5, 5.41) is 15.0. The van der Waals surface area contributed by atoms with Crippen molar-refractivity contribution in [2.24, 2.45) is 0 Å². The molecule has 2 heterocycles. The molecular formula is C27H48N6O4. The minimum Gasteiger partial charge on any atom is -0.450 e. The van der Waals surface area contributed by atoms with Crippen LogP contribution in [0.4, 0.5) is 22.1 Å². The van der Waals surface area contributed by atoms with Gasteiger partial charge in [-0.05, 0) is 13.3 Å². The van der Waals surface area contributed by atoms with Gasteiger partial charge in [-0.25, -0.2) is 14.8 Å². The van der Waals surface area contributed by atoms with Gasteiger partial charge in [0.05, 0.1) is 11.5 Å². The lowest BCUT2D eigenvalue weighted by molar-refractivity contribution is -0.383. The SMILES string of the molecule is CCCCCCCCCCCCCCCCNc1ncnc(N2CCN(C(=O)OCC)CC2)c1[N+](=O)[O-]. The van der Waals surface area contributed by atoms with Crippen molar-refractivity contribution >= 4 is 23.4 Å². The number of hydrogen-bond donors (Lipinski definition) is 1. The maximum absolute atomic E-state index is 11.9. The van der Waals surface area contributed by atoms with Crippen LogP contribution in [0, 0.1) is 10.1 Å². The Bertz CT molecular complexity index is 786. The van der Waals surface area contributed by atoms with Gasteiger partial charge in [-0.2, -0.15) is 0 Å². The summed E-state index contributed by atoms with van der Waals surface area (Å²) >= 11 is 0. The highest BCUT2D eigenvalue weighted by atomic mass is 16.6. The number of hydrogen-bond acceptors (Lipinski definition) is 8. The molecule has 1 saturated heterocycles. The fourth-order valence-electron chi connectivity index (χ4n) is 4.74. The highest BCUT2D eigenvalue weighted by Crippen LogP contribution is 2.32. The van der Waals surface area contributed by atoms with Crippen molar-refractivity contribution in [3.63, 3.8) is 0 Å². The number of unbranched alkanes of at least 4 members (excludes halogenated alkanes) is 13. The van der Waals surface area contributed by atoms with Crippen molar-refractivity contribution in [1.82, 2.24) is 14.9 Å². The first-order valence-corrected chi connectivity index (χ1v) is 14.5. The molecule has 10 heteroatoms. The first-order chi connectivity index (χ1) is 18.1. The van der Waals surface area contributed by atoms with Gasteiger partial charge in [0, 0.05) is 32.7 Å². The highest BCUT2D eigenvalue weighted by molar-refractivity contribution is 5.71. The smallest absolute Gasteiger partial charge is 0.409 e. The summed E-state index contributed by atoms with van der Waals surface area (Å²) in [6.45, 7) is 6.77. The van der Waals surface area contributed by atoms with Gasteiger partial charge >= 0.3 is 11.8 Å². The second-order valence-electron chi connectivity index (χ2n) is 9.85. The molecule has 1 N–H and O–H groups in total. The van der Waals surface area contributed by atoms with Crippen molar-refractivity contribution in [1.29, 1.82) is 0 Å². The van der Waals surface area contributed by atoms with E-state index in [0.717, 1.165) is 12.8 Å². The van der Waals surface area contributed by atoms with Crippen molar-refractivity contribution in [3.05, 3.63) is 16.4 Å². The third-order valence-corrected chi connectivity index (χ3v) is 6.91. The summed E-state index contributed by atoms with van der Waals surface area (Å²) in [7, 11) is 0. The lowest BCUT2D eigenvalue weighted by Gasteiger charge is -2.34. The van der Waals surface area contributed by atoms with Gasteiger partial charge in [0.15, 0.2) is 0 Å². The van der Waals surface area contributed by atoms with Crippen LogP contribution < -0.4 is 10.2 Å². The van der Waals surface area contributed by atoms with E-state index in [1.54, 1.807) is 11.8 Å². The Morgan fingerprint density at radius 1 is 0.892 bits per heavy atom. The Morgan fingerprint density at radius 2 is 1.43 bits per heavy atom. The zero-order valence-electron chi connectivity index (χ0n) is 23.1. The molecule has 1 amide bonds. The molecule has 210 valence electrons. The summed E-state index contributed by atoms with van der Waals surface area (Å²) in [6, 6.07) is 0. The number of nitrogens with one attached hydrogen (secondary N) is 1. The lowest BCUT2D eigenvalue weighted by atomic mass is 10.0. The van der Waals surface area contributed by atoms with E-state index in [4.69, 9.17) is 4.74 Å². The van der Waals surface area contributed by atoms with Crippen LogP contribution in [0.2, 0.25) is 0 Å². The van der Waals surface area contributed by atoms with Crippen LogP contribution in [0.1, 0.15) is 104 Å². The van der Waals surface area contributed by atoms with Crippen LogP contribution in [-0.2, 0) is 4.74 Å². The lowest BCUT2D eigenvalue weighted by Crippen LogP contribution is -2.49. The Balaban J connectivity index is 1.64. The van der Waals surface area contributed by atoms with E-state index in [9.17, 15) is 14.9 Å². The zero-order chi connectivity index (χ0) is 26.7. The van der Waals surface area contributed by atoms with Crippen LogP contribution in [0.15, 0.2) is 6.33 Å². The van der Waals surface area contributed by atoms with E-state index in [2.05, 4.69) is 22.2 Å². The van der Waals surface area contributed by atoms with Crippen molar-refractivity contribution in [3.8, 4) is 0 Å². The number of ether oxygens (including phenoxy) is 1. The van der Waals surface area contributed by atoms with Crippen molar-refractivity contribution in [2.75, 3.05) is 49.5 Å². The molecule has 0 unspecified atom stereocenters. The van der Waals surface area contributed by atoms with Crippen LogP contribution in [0.5, 0.6) is 0 Å². The molecule has 1 aliphatic heterocycles. The van der Waals surface area contributed by atoms with E-state index in [-0.39, 0.29) is 17.6 Å². The first kappa shape index (κ1) is 30.6. The molecule has 1 fully saturated rings. The standard InChI is InChI=1S/C27H48N6O4/c1-3-5-6-7-8-9-10-11-12-13-14-15-16-17-18-28-25-24(33(35)36)26(30-23-29-25)31-19-21-32(22-20-31)27(34)37-4-2/h23H,3-22H2,1-2H3,(H,28,29,30). The molecule has 0 atom stereocenters. The molecule has 1 aliphatic rings. The van der Waals surface area contributed by atoms with Gasteiger partial charge < -0.3 is 19.9 Å². The van der Waals surface area contributed by atoms with E-state index >= 15 is 0 Å². The Hall–Kier alpha value is -2.65. The summed E-state index contributed by atoms with van der Waals surface area (Å²) in [5.74, 6) is 0.560. The molecule has 0 aliphatic carbocycles. The van der Waals surface area contributed by atoms with Crippen LogP contribution in [-0.4, -0.2) is 65.2 Å². The number of rotatable bonds is 19. The maximum atomic E-state index is 11.9. The largest absolute Gasteiger partial charge is 0.450 e. The van der Waals surface area contributed by atoms with Crippen molar-refractivity contribution < 1.29 is 14.5 Å². The van der Waals surface area contributed by atoms with Gasteiger partial charge in [0.25, 0.3) is 0 Å². The molecule has 1 aromatic heterocycles. The molecule has 10 nitrogen and oxygen atoms in total. The highest BCUT2D eigenvalue weighted by Gasteiger charge is 2.30. The Labute approximate surface area is 222 Å². The quantitative estimate of drug-likeness (QED) is 0.124. The second kappa shape index (κ2) is 18.6. The number of anilines is 2. The first-order valence-electron chi connectivity index (χ1n) is 14.5. The van der Waals surface area contributed by atoms with Gasteiger partial charge in [0.2, 0.25) is 11.6 Å². The predicted octanol–water partition coefficient (Wildman–Crippen LogP) is 6.56. The molecule has 0 radical (unpaired) electrons. The molecule has 0 saturated carbocycles. The molecule has 37 heavy (non-hydrogen) atoms. The summed E-state index contributed by atoms with van der Waals surface area (Å²) in [5.41, 5.74) is -0.0996. The van der Waals surface area contributed by atoms with E-state index in [1.807, 2.05) is 4.90 Å². The normalized spacial score (nSPS) is 13.6. The molecule has 0 spiro atoms. The van der Waals surface area contributed by atoms with E-state index in [1.165, 1.54) is 83.4 Å². The van der Waals surface area contributed by atoms with E-state index in [0.29, 0.717) is 45.1 Å². The minimum absolute atomic E-state index is 0.0996. The second-order valence-corrected chi connectivity index (χ2v) is 9.85. The van der Waals surface area contributed by atoms with E-state index < -0.39 is 4.92 Å². The molecule has 0 aromatic carbocycles. The average Bonchev–Trinajstić information content (AvgIpc) is 2.90. The zero-order valence-corrected chi connectivity index (χ0v) is 23.1. The monoisotopic (exact) mass is 520 g/mol. The molecular weight excluding hydrogens is 472 g/mol. The fraction of sp³-hybridized carbons (Fsp3) is 0.815. The summed E-state index contributed by atoms with van der Waals surface area (Å²) in [4.78, 5) is 35.2. The van der Waals surface area contributed by atoms with Gasteiger partial charge in [-0.15, -0.1) is 0 Å². The minimum atomic E-state index is -0.416. The Kier molecular flexibility index (Phi) is 15.3. The van der Waals surface area contributed by atoms with Crippen LogP contribution in [0.3, 0.4) is 0 Å².